The van der Waals surface area contributed by atoms with Crippen molar-refractivity contribution in [1.82, 2.24) is 5.16 Å². The number of nitrogens with zero attached hydrogens (tertiary/aromatic N) is 1. The van der Waals surface area contributed by atoms with Crippen LogP contribution in [0.2, 0.25) is 23.2 Å². The van der Waals surface area contributed by atoms with Crippen LogP contribution in [-0.4, -0.2) is 13.5 Å². The molecule has 126 valence electrons. The molecule has 3 nitrogen and oxygen atoms in total. The van der Waals surface area contributed by atoms with E-state index in [4.69, 9.17) is 20.6 Å². The molecule has 0 unspecified atom stereocenters. The second-order valence-corrected chi connectivity index (χ2v) is 12.1. The Balaban J connectivity index is 2.21. The van der Waals surface area contributed by atoms with Crippen LogP contribution in [0.1, 0.15) is 26.5 Å². The highest BCUT2D eigenvalue weighted by atomic mass is 35.5. The van der Waals surface area contributed by atoms with Crippen LogP contribution in [0.15, 0.2) is 22.7 Å². The summed E-state index contributed by atoms with van der Waals surface area (Å²) >= 11 is 5.83. The molecular weight excluding hydrogens is 340 g/mol. The van der Waals surface area contributed by atoms with Crippen molar-refractivity contribution in [1.29, 1.82) is 0 Å². The molecule has 0 radical (unpaired) electrons. The Kier molecular flexibility index (Phi) is 4.99. The molecule has 0 saturated heterocycles. The smallest absolute Gasteiger partial charge is 0.192 e. The van der Waals surface area contributed by atoms with Crippen molar-refractivity contribution in [3.8, 4) is 11.3 Å². The lowest BCUT2D eigenvalue weighted by Crippen LogP contribution is -2.40. The van der Waals surface area contributed by atoms with Crippen LogP contribution in [0.25, 0.3) is 11.3 Å². The molecule has 0 fully saturated rings. The lowest BCUT2D eigenvalue weighted by Gasteiger charge is -2.35. The van der Waals surface area contributed by atoms with Crippen molar-refractivity contribution in [2.45, 2.75) is 45.5 Å². The maximum absolute atomic E-state index is 13.9. The van der Waals surface area contributed by atoms with E-state index in [9.17, 15) is 8.78 Å². The highest BCUT2D eigenvalue weighted by molar-refractivity contribution is 6.74. The summed E-state index contributed by atoms with van der Waals surface area (Å²) in [6.07, 6.45) is 0. The number of aromatic nitrogens is 1. The zero-order valence-corrected chi connectivity index (χ0v) is 15.6. The van der Waals surface area contributed by atoms with Gasteiger partial charge in [-0.2, -0.15) is 0 Å². The Morgan fingerprint density at radius 3 is 2.43 bits per heavy atom. The van der Waals surface area contributed by atoms with Crippen LogP contribution in [0.3, 0.4) is 0 Å². The molecule has 1 aromatic carbocycles. The SMILES string of the molecule is CC(C)(C)[Si](C)(C)OCc1cc(-c2c(F)ccc(F)c2Cl)no1. The summed E-state index contributed by atoms with van der Waals surface area (Å²) in [5.41, 5.74) is 0.0508. The van der Waals surface area contributed by atoms with E-state index < -0.39 is 20.0 Å². The molecule has 2 rings (SSSR count). The normalized spacial score (nSPS) is 12.7. The number of benzene rings is 1. The topological polar surface area (TPSA) is 35.3 Å². The molecule has 1 heterocycles. The molecule has 0 atom stereocenters. The van der Waals surface area contributed by atoms with Gasteiger partial charge in [0, 0.05) is 6.07 Å². The molecule has 7 heteroatoms. The summed E-state index contributed by atoms with van der Waals surface area (Å²) in [7, 11) is -1.94. The fourth-order valence-corrected chi connectivity index (χ4v) is 2.91. The first-order valence-electron chi connectivity index (χ1n) is 7.26. The predicted molar refractivity (Wildman–Crippen MR) is 88.9 cm³/mol. The monoisotopic (exact) mass is 359 g/mol. The molecular formula is C16H20ClF2NO2Si. The predicted octanol–water partition coefficient (Wildman–Crippen LogP) is 5.80. The van der Waals surface area contributed by atoms with Crippen molar-refractivity contribution in [2.24, 2.45) is 0 Å². The van der Waals surface area contributed by atoms with Gasteiger partial charge in [-0.3, -0.25) is 0 Å². The molecule has 0 aliphatic rings. The second kappa shape index (κ2) is 6.34. The van der Waals surface area contributed by atoms with E-state index in [0.29, 0.717) is 5.76 Å². The fourth-order valence-electron chi connectivity index (χ4n) is 1.73. The van der Waals surface area contributed by atoms with Gasteiger partial charge in [-0.1, -0.05) is 37.5 Å². The first-order valence-corrected chi connectivity index (χ1v) is 10.5. The zero-order valence-electron chi connectivity index (χ0n) is 13.8. The van der Waals surface area contributed by atoms with Gasteiger partial charge in [-0.25, -0.2) is 8.78 Å². The first kappa shape index (κ1) is 18.1. The Hall–Kier alpha value is -1.24. The van der Waals surface area contributed by atoms with Crippen molar-refractivity contribution in [3.63, 3.8) is 0 Å². The second-order valence-electron chi connectivity index (χ2n) is 6.95. The molecule has 23 heavy (non-hydrogen) atoms. The summed E-state index contributed by atoms with van der Waals surface area (Å²) < 4.78 is 38.6. The molecule has 0 spiro atoms. The summed E-state index contributed by atoms with van der Waals surface area (Å²) in [6.45, 7) is 10.9. The van der Waals surface area contributed by atoms with Crippen LogP contribution in [-0.2, 0) is 11.0 Å². The van der Waals surface area contributed by atoms with E-state index in [2.05, 4.69) is 39.0 Å². The maximum Gasteiger partial charge on any atom is 0.192 e. The van der Waals surface area contributed by atoms with Gasteiger partial charge in [0.2, 0.25) is 0 Å². The van der Waals surface area contributed by atoms with E-state index in [1.54, 1.807) is 0 Å². The van der Waals surface area contributed by atoms with Gasteiger partial charge >= 0.3 is 0 Å². The average molecular weight is 360 g/mol. The summed E-state index contributed by atoms with van der Waals surface area (Å²) in [6, 6.07) is 3.51. The van der Waals surface area contributed by atoms with E-state index in [0.717, 1.165) is 12.1 Å². The third kappa shape index (κ3) is 3.81. The van der Waals surface area contributed by atoms with Gasteiger partial charge < -0.3 is 8.95 Å². The van der Waals surface area contributed by atoms with Crippen LogP contribution < -0.4 is 0 Å². The first-order chi connectivity index (χ1) is 10.5. The summed E-state index contributed by atoms with van der Waals surface area (Å²) in [5, 5.41) is 3.53. The molecule has 0 saturated carbocycles. The summed E-state index contributed by atoms with van der Waals surface area (Å²) in [5.74, 6) is -0.906. The van der Waals surface area contributed by atoms with Crippen molar-refractivity contribution >= 4 is 19.9 Å². The van der Waals surface area contributed by atoms with Gasteiger partial charge in [0.15, 0.2) is 14.1 Å². The molecule has 0 bridgehead atoms. The minimum absolute atomic E-state index is 0.0633. The highest BCUT2D eigenvalue weighted by Crippen LogP contribution is 2.37. The highest BCUT2D eigenvalue weighted by Gasteiger charge is 2.37. The van der Waals surface area contributed by atoms with Crippen LogP contribution in [0.4, 0.5) is 8.78 Å². The van der Waals surface area contributed by atoms with Gasteiger partial charge in [0.25, 0.3) is 0 Å². The van der Waals surface area contributed by atoms with Crippen LogP contribution in [0.5, 0.6) is 0 Å². The lowest BCUT2D eigenvalue weighted by molar-refractivity contribution is 0.230. The van der Waals surface area contributed by atoms with Gasteiger partial charge in [0.05, 0.1) is 17.2 Å². The van der Waals surface area contributed by atoms with Crippen LogP contribution >= 0.6 is 11.6 Å². The molecule has 0 N–H and O–H groups in total. The number of hydrogen-bond donors (Lipinski definition) is 0. The third-order valence-corrected chi connectivity index (χ3v) is 9.09. The van der Waals surface area contributed by atoms with Gasteiger partial charge in [-0.15, -0.1) is 0 Å². The van der Waals surface area contributed by atoms with E-state index in [1.165, 1.54) is 6.07 Å². The molecule has 0 aliphatic carbocycles. The van der Waals surface area contributed by atoms with E-state index in [-0.39, 0.29) is 27.9 Å². The standard InChI is InChI=1S/C16H20ClF2NO2Si/c1-16(2,3)23(4,5)21-9-10-8-13(20-22-10)14-11(18)6-7-12(19)15(14)17/h6-8H,9H2,1-5H3. The number of halogens is 3. The molecule has 2 aromatic rings. The van der Waals surface area contributed by atoms with Crippen molar-refractivity contribution < 1.29 is 17.7 Å². The molecule has 1 aromatic heterocycles. The minimum atomic E-state index is -1.94. The average Bonchev–Trinajstić information content (AvgIpc) is 2.89. The summed E-state index contributed by atoms with van der Waals surface area (Å²) in [4.78, 5) is 0. The quantitative estimate of drug-likeness (QED) is 0.511. The minimum Gasteiger partial charge on any atom is -0.409 e. The Labute approximate surface area is 140 Å². The third-order valence-electron chi connectivity index (χ3n) is 4.24. The van der Waals surface area contributed by atoms with Crippen LogP contribution in [0, 0.1) is 11.6 Å². The molecule has 0 amide bonds. The Morgan fingerprint density at radius 1 is 1.22 bits per heavy atom. The maximum atomic E-state index is 13.9. The van der Waals surface area contributed by atoms with E-state index >= 15 is 0 Å². The van der Waals surface area contributed by atoms with Crippen molar-refractivity contribution in [3.05, 3.63) is 40.6 Å². The Morgan fingerprint density at radius 2 is 1.83 bits per heavy atom. The van der Waals surface area contributed by atoms with Gasteiger partial charge in [-0.05, 0) is 30.3 Å². The fraction of sp³-hybridized carbons (Fsp3) is 0.438. The molecule has 0 aliphatic heterocycles. The lowest BCUT2D eigenvalue weighted by atomic mass is 10.1. The zero-order chi connectivity index (χ0) is 17.4. The number of hydrogen-bond acceptors (Lipinski definition) is 3. The largest absolute Gasteiger partial charge is 0.409 e. The number of rotatable bonds is 4. The van der Waals surface area contributed by atoms with E-state index in [1.807, 2.05) is 0 Å². The van der Waals surface area contributed by atoms with Crippen molar-refractivity contribution in [2.75, 3.05) is 0 Å². The Bertz CT molecular complexity index is 711. The van der Waals surface area contributed by atoms with Gasteiger partial charge in [0.1, 0.15) is 17.3 Å².